The molecule has 2 aromatic carbocycles. The number of nitrogens with zero attached hydrogens (tertiary/aromatic N) is 2. The number of nitrogens with one attached hydrogen (secondary N) is 1. The first-order chi connectivity index (χ1) is 14.5. The van der Waals surface area contributed by atoms with Gasteiger partial charge in [-0.3, -0.25) is 9.59 Å². The van der Waals surface area contributed by atoms with Gasteiger partial charge in [-0.15, -0.1) is 10.2 Å². The van der Waals surface area contributed by atoms with Gasteiger partial charge in [0.2, 0.25) is 11.8 Å². The van der Waals surface area contributed by atoms with Crippen molar-refractivity contribution < 1.29 is 23.2 Å². The van der Waals surface area contributed by atoms with Gasteiger partial charge < -0.3 is 24.6 Å². The molecule has 2 amide bonds. The largest absolute Gasteiger partial charge is 0.496 e. The summed E-state index contributed by atoms with van der Waals surface area (Å²) in [5, 5.41) is 10.7. The lowest BCUT2D eigenvalue weighted by Gasteiger charge is -2.11. The summed E-state index contributed by atoms with van der Waals surface area (Å²) in [4.78, 5) is 24.2. The number of nitrogens with two attached hydrogens (primary N) is 1. The van der Waals surface area contributed by atoms with Crippen LogP contribution in [0.1, 0.15) is 20.7 Å². The quantitative estimate of drug-likeness (QED) is 0.503. The fraction of sp³-hybridized carbons (Fsp3) is 0.0476. The summed E-state index contributed by atoms with van der Waals surface area (Å²) in [7, 11) is 1.43. The summed E-state index contributed by atoms with van der Waals surface area (Å²) in [5.41, 5.74) is 6.78. The van der Waals surface area contributed by atoms with Crippen LogP contribution in [0.3, 0.4) is 0 Å². The summed E-state index contributed by atoms with van der Waals surface area (Å²) in [6.45, 7) is 0. The number of carbonyl (C=O) groups is 2. The van der Waals surface area contributed by atoms with E-state index in [0.29, 0.717) is 22.8 Å². The summed E-state index contributed by atoms with van der Waals surface area (Å²) in [6.07, 6.45) is 1.51. The summed E-state index contributed by atoms with van der Waals surface area (Å²) in [5.74, 6) is 0.183. The van der Waals surface area contributed by atoms with Crippen LogP contribution in [0.25, 0.3) is 23.1 Å². The summed E-state index contributed by atoms with van der Waals surface area (Å²) < 4.78 is 16.1. The van der Waals surface area contributed by atoms with Gasteiger partial charge in [0.15, 0.2) is 5.76 Å². The molecule has 150 valence electrons. The lowest BCUT2D eigenvalue weighted by Crippen LogP contribution is -2.16. The maximum Gasteiger partial charge on any atom is 0.283 e. The van der Waals surface area contributed by atoms with E-state index in [9.17, 15) is 9.59 Å². The van der Waals surface area contributed by atoms with E-state index in [1.165, 1.54) is 31.6 Å². The zero-order chi connectivity index (χ0) is 21.1. The van der Waals surface area contributed by atoms with Crippen LogP contribution in [0.5, 0.6) is 5.75 Å². The lowest BCUT2D eigenvalue weighted by atomic mass is 10.1. The number of ether oxygens (including phenoxy) is 1. The van der Waals surface area contributed by atoms with Crippen LogP contribution in [0.2, 0.25) is 0 Å². The maximum atomic E-state index is 12.8. The van der Waals surface area contributed by atoms with Gasteiger partial charge in [0.05, 0.1) is 18.9 Å². The molecule has 0 fully saturated rings. The van der Waals surface area contributed by atoms with Gasteiger partial charge in [0, 0.05) is 16.8 Å². The SMILES string of the molecule is COc1ccc(C(N)=O)cc1C(=O)Nc1cccc(-c2nnc(-c3ccco3)o2)c1. The second-order valence-electron chi connectivity index (χ2n) is 6.20. The number of carbonyl (C=O) groups excluding carboxylic acids is 2. The zero-order valence-electron chi connectivity index (χ0n) is 15.8. The average Bonchev–Trinajstić information content (AvgIpc) is 3.45. The van der Waals surface area contributed by atoms with Gasteiger partial charge in [-0.2, -0.15) is 0 Å². The Morgan fingerprint density at radius 3 is 2.60 bits per heavy atom. The first-order valence-electron chi connectivity index (χ1n) is 8.82. The molecule has 3 N–H and O–H groups in total. The second kappa shape index (κ2) is 7.92. The minimum absolute atomic E-state index is 0.178. The van der Waals surface area contributed by atoms with Crippen molar-refractivity contribution in [2.75, 3.05) is 12.4 Å². The van der Waals surface area contributed by atoms with Crippen LogP contribution >= 0.6 is 0 Å². The fourth-order valence-corrected chi connectivity index (χ4v) is 2.81. The molecule has 0 aliphatic carbocycles. The van der Waals surface area contributed by atoms with Crippen LogP contribution in [0, 0.1) is 0 Å². The third-order valence-electron chi connectivity index (χ3n) is 4.25. The van der Waals surface area contributed by atoms with Crippen molar-refractivity contribution in [3.8, 4) is 28.9 Å². The van der Waals surface area contributed by atoms with Crippen molar-refractivity contribution in [1.29, 1.82) is 0 Å². The molecule has 30 heavy (non-hydrogen) atoms. The summed E-state index contributed by atoms with van der Waals surface area (Å²) >= 11 is 0. The Bertz CT molecular complexity index is 1210. The zero-order valence-corrected chi connectivity index (χ0v) is 15.8. The van der Waals surface area contributed by atoms with Crippen LogP contribution in [-0.2, 0) is 0 Å². The molecular weight excluding hydrogens is 388 g/mol. The van der Waals surface area contributed by atoms with E-state index >= 15 is 0 Å². The molecule has 0 saturated heterocycles. The van der Waals surface area contributed by atoms with Crippen LogP contribution < -0.4 is 15.8 Å². The number of benzene rings is 2. The average molecular weight is 404 g/mol. The predicted molar refractivity (Wildman–Crippen MR) is 107 cm³/mol. The van der Waals surface area contributed by atoms with E-state index in [4.69, 9.17) is 19.3 Å². The van der Waals surface area contributed by atoms with Crippen molar-refractivity contribution in [3.63, 3.8) is 0 Å². The standard InChI is InChI=1S/C21H16N4O5/c1-28-16-8-7-12(18(22)26)11-15(16)19(27)23-14-5-2-4-13(10-14)20-24-25-21(30-20)17-6-3-9-29-17/h2-11H,1H3,(H2,22,26)(H,23,27). The molecule has 9 nitrogen and oxygen atoms in total. The number of primary amides is 1. The van der Waals surface area contributed by atoms with E-state index in [-0.39, 0.29) is 22.9 Å². The monoisotopic (exact) mass is 404 g/mol. The number of aromatic nitrogens is 2. The Morgan fingerprint density at radius 2 is 1.87 bits per heavy atom. The van der Waals surface area contributed by atoms with E-state index in [1.54, 1.807) is 36.4 Å². The third kappa shape index (κ3) is 3.76. The molecule has 0 atom stereocenters. The van der Waals surface area contributed by atoms with Crippen LogP contribution in [0.4, 0.5) is 5.69 Å². The Morgan fingerprint density at radius 1 is 1.03 bits per heavy atom. The fourth-order valence-electron chi connectivity index (χ4n) is 2.81. The van der Waals surface area contributed by atoms with E-state index in [1.807, 2.05) is 0 Å². The van der Waals surface area contributed by atoms with Crippen LogP contribution in [-0.4, -0.2) is 29.1 Å². The number of furan rings is 1. The molecule has 0 spiro atoms. The highest BCUT2D eigenvalue weighted by atomic mass is 16.5. The minimum Gasteiger partial charge on any atom is -0.496 e. The number of hydrogen-bond donors (Lipinski definition) is 2. The molecule has 0 unspecified atom stereocenters. The van der Waals surface area contributed by atoms with E-state index in [2.05, 4.69) is 15.5 Å². The number of methoxy groups -OCH3 is 1. The molecule has 0 radical (unpaired) electrons. The Hall–Kier alpha value is -4.40. The highest BCUT2D eigenvalue weighted by Gasteiger charge is 2.17. The highest BCUT2D eigenvalue weighted by Crippen LogP contribution is 2.27. The van der Waals surface area contributed by atoms with Crippen molar-refractivity contribution in [3.05, 3.63) is 72.0 Å². The van der Waals surface area contributed by atoms with Crippen molar-refractivity contribution >= 4 is 17.5 Å². The van der Waals surface area contributed by atoms with Gasteiger partial charge >= 0.3 is 0 Å². The number of rotatable bonds is 6. The smallest absolute Gasteiger partial charge is 0.283 e. The van der Waals surface area contributed by atoms with Gasteiger partial charge in [-0.05, 0) is 48.5 Å². The topological polar surface area (TPSA) is 133 Å². The normalized spacial score (nSPS) is 10.6. The predicted octanol–water partition coefficient (Wildman–Crippen LogP) is 3.36. The maximum absolute atomic E-state index is 12.8. The molecule has 0 aliphatic rings. The molecule has 0 bridgehead atoms. The van der Waals surface area contributed by atoms with Gasteiger partial charge in [-0.25, -0.2) is 0 Å². The second-order valence-corrected chi connectivity index (χ2v) is 6.20. The number of anilines is 1. The van der Waals surface area contributed by atoms with Gasteiger partial charge in [0.1, 0.15) is 5.75 Å². The van der Waals surface area contributed by atoms with E-state index < -0.39 is 11.8 Å². The van der Waals surface area contributed by atoms with Crippen molar-refractivity contribution in [1.82, 2.24) is 10.2 Å². The number of hydrogen-bond acceptors (Lipinski definition) is 7. The molecule has 0 saturated carbocycles. The molecule has 4 aromatic rings. The van der Waals surface area contributed by atoms with Crippen molar-refractivity contribution in [2.45, 2.75) is 0 Å². The highest BCUT2D eigenvalue weighted by molar-refractivity contribution is 6.08. The molecular formula is C21H16N4O5. The Labute approximate surface area is 170 Å². The van der Waals surface area contributed by atoms with Gasteiger partial charge in [-0.1, -0.05) is 6.07 Å². The molecule has 9 heteroatoms. The van der Waals surface area contributed by atoms with Gasteiger partial charge in [0.25, 0.3) is 11.8 Å². The number of amides is 2. The molecule has 2 heterocycles. The Balaban J connectivity index is 1.59. The minimum atomic E-state index is -0.641. The molecule has 2 aromatic heterocycles. The van der Waals surface area contributed by atoms with Crippen molar-refractivity contribution in [2.24, 2.45) is 5.73 Å². The summed E-state index contributed by atoms with van der Waals surface area (Å²) in [6, 6.07) is 14.7. The van der Waals surface area contributed by atoms with Crippen LogP contribution in [0.15, 0.2) is 69.7 Å². The van der Waals surface area contributed by atoms with E-state index in [0.717, 1.165) is 0 Å². The third-order valence-corrected chi connectivity index (χ3v) is 4.25. The first kappa shape index (κ1) is 18.9. The Kier molecular flexibility index (Phi) is 5.00. The molecule has 4 rings (SSSR count). The first-order valence-corrected chi connectivity index (χ1v) is 8.82. The molecule has 0 aliphatic heterocycles. The lowest BCUT2D eigenvalue weighted by molar-refractivity contribution is 0.1000.